The maximum Gasteiger partial charge on any atom is 0.387 e. The van der Waals surface area contributed by atoms with Crippen molar-refractivity contribution in [1.29, 1.82) is 5.26 Å². The number of esters is 1. The van der Waals surface area contributed by atoms with Gasteiger partial charge in [0.1, 0.15) is 17.6 Å². The predicted octanol–water partition coefficient (Wildman–Crippen LogP) is 17.7. The molecule has 4 aromatic carbocycles. The molecule has 0 aromatic heterocycles. The van der Waals surface area contributed by atoms with Crippen molar-refractivity contribution >= 4 is 11.7 Å². The van der Waals surface area contributed by atoms with Gasteiger partial charge in [0.2, 0.25) is 17.5 Å². The summed E-state index contributed by atoms with van der Waals surface area (Å²) >= 11 is 0. The molecular formula is C75H106F6N4O9. The molecule has 1 N–H and O–H groups in total. The maximum atomic E-state index is 15.1. The molecule has 5 fully saturated rings. The number of carbonyl (C=O) groups excluding carboxylic acids is 1. The number of nitrogens with zero attached hydrogens (tertiary/aromatic N) is 4. The van der Waals surface area contributed by atoms with E-state index in [1.54, 1.807) is 24.3 Å². The molecule has 3 aliphatic carbocycles. The number of allylic oxidation sites excluding steroid dienone is 1. The van der Waals surface area contributed by atoms with Crippen molar-refractivity contribution in [3.05, 3.63) is 113 Å². The molecular weight excluding hydrogens is 1210 g/mol. The summed E-state index contributed by atoms with van der Waals surface area (Å²) in [4.78, 5) is 18.5. The van der Waals surface area contributed by atoms with Crippen LogP contribution in [-0.2, 0) is 14.9 Å². The molecule has 2 saturated heterocycles. The van der Waals surface area contributed by atoms with Crippen LogP contribution in [0.1, 0.15) is 193 Å². The highest BCUT2D eigenvalue weighted by Gasteiger charge is 2.39. The van der Waals surface area contributed by atoms with Gasteiger partial charge in [-0.05, 0) is 193 Å². The van der Waals surface area contributed by atoms with Crippen molar-refractivity contribution in [1.82, 2.24) is 9.80 Å². The smallest absolute Gasteiger partial charge is 0.387 e. The topological polar surface area (TPSA) is 135 Å². The van der Waals surface area contributed by atoms with E-state index in [1.807, 2.05) is 18.7 Å². The van der Waals surface area contributed by atoms with Gasteiger partial charge in [0, 0.05) is 57.3 Å². The Hall–Kier alpha value is -6.36. The Morgan fingerprint density at radius 3 is 1.83 bits per heavy atom. The van der Waals surface area contributed by atoms with Crippen LogP contribution in [0.25, 0.3) is 0 Å². The first-order chi connectivity index (χ1) is 45.0. The third kappa shape index (κ3) is 22.6. The number of aliphatic hydroxyl groups is 1. The largest absolute Gasteiger partial charge is 0.494 e. The lowest BCUT2D eigenvalue weighted by atomic mass is 9.68. The number of rotatable bonds is 29. The molecule has 5 aliphatic rings. The number of unbranched alkanes of at least 4 members (excludes halogenated alkanes) is 6. The Kier molecular flexibility index (Phi) is 32.3. The fourth-order valence-corrected chi connectivity index (χ4v) is 13.6. The number of likely N-dealkylation sites (tertiary alicyclic amines) is 1. The molecule has 4 aromatic rings. The first-order valence-electron chi connectivity index (χ1n) is 34.4. The molecule has 9 rings (SSSR count). The zero-order chi connectivity index (χ0) is 66.7. The van der Waals surface area contributed by atoms with Crippen molar-refractivity contribution < 1.29 is 69.4 Å². The number of hydrogen-bond donors (Lipinski definition) is 1. The van der Waals surface area contributed by atoms with Crippen LogP contribution in [-0.4, -0.2) is 119 Å². The van der Waals surface area contributed by atoms with Gasteiger partial charge in [-0.15, -0.1) is 0 Å². The zero-order valence-electron chi connectivity index (χ0n) is 55.7. The van der Waals surface area contributed by atoms with Crippen molar-refractivity contribution in [2.75, 3.05) is 84.2 Å². The van der Waals surface area contributed by atoms with E-state index in [0.717, 1.165) is 115 Å². The highest BCUT2D eigenvalue weighted by Crippen LogP contribution is 2.47. The second-order valence-corrected chi connectivity index (χ2v) is 25.6. The lowest BCUT2D eigenvalue weighted by Gasteiger charge is -2.38. The Balaban J connectivity index is 0.000000241. The van der Waals surface area contributed by atoms with Crippen LogP contribution < -0.4 is 33.3 Å². The van der Waals surface area contributed by atoms with Crippen LogP contribution in [0.15, 0.2) is 79.1 Å². The van der Waals surface area contributed by atoms with Crippen LogP contribution >= 0.6 is 0 Å². The van der Waals surface area contributed by atoms with Crippen LogP contribution in [0.4, 0.5) is 32.0 Å². The quantitative estimate of drug-likeness (QED) is 0.0239. The normalized spacial score (nSPS) is 21.3. The third-order valence-corrected chi connectivity index (χ3v) is 19.3. The second-order valence-electron chi connectivity index (χ2n) is 25.6. The van der Waals surface area contributed by atoms with Gasteiger partial charge in [0.15, 0.2) is 34.6 Å². The number of nitriles is 1. The van der Waals surface area contributed by atoms with Gasteiger partial charge in [0.25, 0.3) is 0 Å². The first kappa shape index (κ1) is 76.7. The minimum absolute atomic E-state index is 0. The number of alkyl halides is 2. The summed E-state index contributed by atoms with van der Waals surface area (Å²) in [6.07, 6.45) is 18.9. The molecule has 94 heavy (non-hydrogen) atoms. The molecule has 0 amide bonds. The molecule has 2 atom stereocenters. The Labute approximate surface area is 556 Å². The highest BCUT2D eigenvalue weighted by molar-refractivity contribution is 5.71. The van der Waals surface area contributed by atoms with E-state index in [9.17, 15) is 37.1 Å². The summed E-state index contributed by atoms with van der Waals surface area (Å²) in [6.45, 7) is 18.1. The molecule has 13 nitrogen and oxygen atoms in total. The van der Waals surface area contributed by atoms with Gasteiger partial charge in [-0.1, -0.05) is 85.4 Å². The molecule has 19 heteroatoms. The Morgan fingerprint density at radius 2 is 1.23 bits per heavy atom. The van der Waals surface area contributed by atoms with Crippen LogP contribution in [0.3, 0.4) is 0 Å². The molecule has 522 valence electrons. The molecule has 2 aliphatic heterocycles. The van der Waals surface area contributed by atoms with Gasteiger partial charge in [-0.2, -0.15) is 27.2 Å². The number of benzene rings is 4. The lowest BCUT2D eigenvalue weighted by Crippen LogP contribution is -2.46. The third-order valence-electron chi connectivity index (χ3n) is 19.3. The fraction of sp³-hybridized carbons (Fsp3) is 0.627. The summed E-state index contributed by atoms with van der Waals surface area (Å²) in [7, 11) is 1.33. The van der Waals surface area contributed by atoms with E-state index >= 15 is 4.39 Å². The van der Waals surface area contributed by atoms with Crippen LogP contribution in [0.5, 0.6) is 34.5 Å². The molecule has 2 heterocycles. The summed E-state index contributed by atoms with van der Waals surface area (Å²) in [5.74, 6) is -1.60. The number of aliphatic hydroxyl groups excluding tert-OH is 1. The SMILES string of the molecule is C.C=C(Oc1ccc(OCCCC)c(F)c1F)C1CCC(C2CCC(c3ccc(OCCCCCCC)c(F)c3F)CC2)CC1.CCCCN1CCN(c2ccc(OCC)cc2)CC1.COC(=O)CN1CCC(C#N)(c2ccc(OC(F)F)c(O[C@@H]3CC[C@@H](O)C3)c2)CC1. The van der Waals surface area contributed by atoms with Gasteiger partial charge in [-0.25, -0.2) is 4.39 Å². The number of methoxy groups -OCH3 is 1. The van der Waals surface area contributed by atoms with Gasteiger partial charge >= 0.3 is 12.6 Å². The first-order valence-corrected chi connectivity index (χ1v) is 34.4. The number of piperazine rings is 1. The average molecular weight is 1320 g/mol. The number of piperidine rings is 1. The molecule has 3 saturated carbocycles. The van der Waals surface area contributed by atoms with E-state index in [1.165, 1.54) is 69.9 Å². The Morgan fingerprint density at radius 1 is 0.649 bits per heavy atom. The second kappa shape index (κ2) is 39.6. The van der Waals surface area contributed by atoms with Gasteiger partial charge < -0.3 is 43.2 Å². The van der Waals surface area contributed by atoms with Gasteiger partial charge in [-0.3, -0.25) is 14.6 Å². The van der Waals surface area contributed by atoms with Crippen molar-refractivity contribution in [3.8, 4) is 40.6 Å². The number of hydrogen-bond acceptors (Lipinski definition) is 13. The van der Waals surface area contributed by atoms with Crippen LogP contribution in [0, 0.1) is 52.4 Å². The molecule has 0 radical (unpaired) electrons. The average Bonchev–Trinajstić information content (AvgIpc) is 0.834. The van der Waals surface area contributed by atoms with E-state index in [2.05, 4.69) is 65.3 Å². The minimum atomic E-state index is -3.00. The van der Waals surface area contributed by atoms with E-state index in [-0.39, 0.29) is 66.6 Å². The summed E-state index contributed by atoms with van der Waals surface area (Å²) in [6, 6.07) is 21.6. The molecule has 0 bridgehead atoms. The Bertz CT molecular complexity index is 2940. The molecule has 0 unspecified atom stereocenters. The number of anilines is 1. The van der Waals surface area contributed by atoms with Gasteiger partial charge in [0.05, 0.1) is 51.1 Å². The number of ether oxygens (including phenoxy) is 7. The number of carbonyl (C=O) groups is 1. The maximum absolute atomic E-state index is 15.1. The monoisotopic (exact) mass is 1320 g/mol. The van der Waals surface area contributed by atoms with E-state index < -0.39 is 41.4 Å². The minimum Gasteiger partial charge on any atom is -0.494 e. The standard InChI is InChI=1S/C37H50F4O3.C21H26F2N2O5.C16H26N2O.CH4/c1-4-6-8-9-10-24-43-31-20-19-30(34(38)35(31)39)29-17-15-28(16-18-29)27-13-11-26(12-14-27)25(3)44-33-22-21-32(36(40)37(33)41)42-23-7-5-2;1-28-19(27)12-25-8-6-21(13-24,7-9-25)14-2-5-17(30-20(22)23)18(10-14)29-16-4-3-15(26)11-16;1-3-5-10-17-11-13-18(14-12-17)15-6-8-16(9-7-15)19-4-2;/h19-22,26-29H,3-18,23-24H2,1-2H3;2,5,10,15-16,20,26H,3-4,6-9,11-12H2,1H3;6-9H,3-5,10-14H2,1-2H3;1H4/t;15-,16-;;/m.1../s1. The summed E-state index contributed by atoms with van der Waals surface area (Å²) < 4.78 is 122. The van der Waals surface area contributed by atoms with Crippen molar-refractivity contribution in [3.63, 3.8) is 0 Å². The van der Waals surface area contributed by atoms with E-state index in [4.69, 9.17) is 28.4 Å². The zero-order valence-corrected chi connectivity index (χ0v) is 55.7. The fourth-order valence-electron chi connectivity index (χ4n) is 13.6. The predicted molar refractivity (Wildman–Crippen MR) is 358 cm³/mol. The van der Waals surface area contributed by atoms with Crippen molar-refractivity contribution in [2.45, 2.75) is 207 Å². The summed E-state index contributed by atoms with van der Waals surface area (Å²) in [5.41, 5.74) is 1.64. The van der Waals surface area contributed by atoms with E-state index in [0.29, 0.717) is 87.1 Å². The highest BCUT2D eigenvalue weighted by atomic mass is 19.3. The molecule has 0 spiro atoms. The summed E-state index contributed by atoms with van der Waals surface area (Å²) in [5, 5.41) is 19.7. The van der Waals surface area contributed by atoms with Crippen molar-refractivity contribution in [2.24, 2.45) is 17.8 Å². The van der Waals surface area contributed by atoms with Crippen LogP contribution in [0.2, 0.25) is 0 Å². The lowest BCUT2D eigenvalue weighted by molar-refractivity contribution is -0.142. The number of halogens is 6.